The van der Waals surface area contributed by atoms with Gasteiger partial charge in [0.2, 0.25) is 0 Å². The molecule has 0 spiro atoms. The molecular formula is C14H12N2O2S. The highest BCUT2D eigenvalue weighted by molar-refractivity contribution is 7.80. The molecule has 2 heterocycles. The number of benzene rings is 1. The molecule has 1 aromatic heterocycles. The van der Waals surface area contributed by atoms with Crippen LogP contribution in [0.25, 0.3) is 10.8 Å². The molecule has 0 saturated carbocycles. The summed E-state index contributed by atoms with van der Waals surface area (Å²) in [6, 6.07) is 8.88. The van der Waals surface area contributed by atoms with Crippen LogP contribution in [0.5, 0.6) is 0 Å². The number of pyridine rings is 1. The number of carbonyl (C=O) groups excluding carboxylic acids is 1. The van der Waals surface area contributed by atoms with Gasteiger partial charge in [-0.25, -0.2) is 4.57 Å². The SMILES string of the molecule is CC(C)N1C(=O)c2cc3ccccc3c(=O)n2C1=S. The van der Waals surface area contributed by atoms with Crippen LogP contribution >= 0.6 is 12.2 Å². The fourth-order valence-electron chi connectivity index (χ4n) is 2.38. The van der Waals surface area contributed by atoms with Crippen molar-refractivity contribution >= 4 is 34.0 Å². The molecule has 1 aliphatic rings. The number of aromatic nitrogens is 1. The lowest BCUT2D eigenvalue weighted by Gasteiger charge is -2.19. The Balaban J connectivity index is 2.38. The standard InChI is InChI=1S/C14H12N2O2S/c1-8(2)15-13(18)11-7-9-5-3-4-6-10(9)12(17)16(11)14(15)19/h3-8H,1-2H3. The lowest BCUT2D eigenvalue weighted by Crippen LogP contribution is -2.38. The quantitative estimate of drug-likeness (QED) is 0.746. The van der Waals surface area contributed by atoms with E-state index < -0.39 is 0 Å². The summed E-state index contributed by atoms with van der Waals surface area (Å²) in [6.07, 6.45) is 0. The summed E-state index contributed by atoms with van der Waals surface area (Å²) in [5.74, 6) is -0.206. The van der Waals surface area contributed by atoms with Gasteiger partial charge in [0.25, 0.3) is 11.5 Å². The molecule has 5 heteroatoms. The Morgan fingerprint density at radius 1 is 1.16 bits per heavy atom. The number of rotatable bonds is 1. The first-order valence-corrected chi connectivity index (χ1v) is 6.46. The molecule has 0 fully saturated rings. The highest BCUT2D eigenvalue weighted by Gasteiger charge is 2.35. The van der Waals surface area contributed by atoms with E-state index in [0.29, 0.717) is 11.1 Å². The minimum Gasteiger partial charge on any atom is -0.281 e. The Bertz CT molecular complexity index is 777. The maximum Gasteiger partial charge on any atom is 0.277 e. The highest BCUT2D eigenvalue weighted by Crippen LogP contribution is 2.21. The molecule has 0 atom stereocenters. The zero-order valence-electron chi connectivity index (χ0n) is 10.6. The molecule has 3 rings (SSSR count). The van der Waals surface area contributed by atoms with Crippen molar-refractivity contribution < 1.29 is 4.79 Å². The molecule has 4 nitrogen and oxygen atoms in total. The number of nitrogens with zero attached hydrogens (tertiary/aromatic N) is 2. The molecule has 96 valence electrons. The molecule has 0 aliphatic carbocycles. The number of thiocarbonyl (C=S) groups is 1. The second kappa shape index (κ2) is 3.99. The van der Waals surface area contributed by atoms with E-state index in [1.54, 1.807) is 18.2 Å². The van der Waals surface area contributed by atoms with Crippen LogP contribution in [0, 0.1) is 0 Å². The summed E-state index contributed by atoms with van der Waals surface area (Å²) in [4.78, 5) is 26.2. The molecule has 0 bridgehead atoms. The monoisotopic (exact) mass is 272 g/mol. The number of carbonyl (C=O) groups is 1. The zero-order valence-corrected chi connectivity index (χ0v) is 11.4. The van der Waals surface area contributed by atoms with Crippen molar-refractivity contribution in [2.24, 2.45) is 0 Å². The smallest absolute Gasteiger partial charge is 0.277 e. The minimum absolute atomic E-state index is 0.0672. The number of amides is 1. The number of hydrogen-bond donors (Lipinski definition) is 0. The van der Waals surface area contributed by atoms with Crippen molar-refractivity contribution in [3.63, 3.8) is 0 Å². The largest absolute Gasteiger partial charge is 0.281 e. The van der Waals surface area contributed by atoms with Crippen molar-refractivity contribution in [3.8, 4) is 0 Å². The first-order valence-electron chi connectivity index (χ1n) is 6.05. The molecule has 0 N–H and O–H groups in total. The average molecular weight is 272 g/mol. The van der Waals surface area contributed by atoms with E-state index in [2.05, 4.69) is 0 Å². The summed E-state index contributed by atoms with van der Waals surface area (Å²) >= 11 is 5.27. The summed E-state index contributed by atoms with van der Waals surface area (Å²) in [7, 11) is 0. The van der Waals surface area contributed by atoms with Gasteiger partial charge in [-0.1, -0.05) is 18.2 Å². The van der Waals surface area contributed by atoms with Gasteiger partial charge in [0, 0.05) is 11.4 Å². The van der Waals surface area contributed by atoms with Crippen molar-refractivity contribution in [1.82, 2.24) is 9.47 Å². The van der Waals surface area contributed by atoms with E-state index in [-0.39, 0.29) is 22.6 Å². The van der Waals surface area contributed by atoms with Gasteiger partial charge >= 0.3 is 0 Å². The molecule has 0 unspecified atom stereocenters. The fourth-order valence-corrected chi connectivity index (χ4v) is 2.86. The first-order chi connectivity index (χ1) is 9.02. The van der Waals surface area contributed by atoms with Crippen LogP contribution < -0.4 is 5.56 Å². The van der Waals surface area contributed by atoms with Crippen molar-refractivity contribution in [2.75, 3.05) is 0 Å². The van der Waals surface area contributed by atoms with Gasteiger partial charge in [0.05, 0.1) is 0 Å². The third-order valence-corrected chi connectivity index (χ3v) is 3.66. The minimum atomic E-state index is -0.227. The van der Waals surface area contributed by atoms with Gasteiger partial charge in [0.1, 0.15) is 5.69 Å². The molecule has 2 aromatic rings. The molecule has 1 amide bonds. The van der Waals surface area contributed by atoms with Crippen LogP contribution in [0.3, 0.4) is 0 Å². The van der Waals surface area contributed by atoms with Crippen LogP contribution in [-0.4, -0.2) is 26.5 Å². The third-order valence-electron chi connectivity index (χ3n) is 3.28. The normalized spacial score (nSPS) is 14.6. The third kappa shape index (κ3) is 1.55. The Hall–Kier alpha value is -2.01. The van der Waals surface area contributed by atoms with Crippen molar-refractivity contribution in [1.29, 1.82) is 0 Å². The van der Waals surface area contributed by atoms with Crippen LogP contribution in [-0.2, 0) is 0 Å². The number of fused-ring (bicyclic) bond motifs is 2. The van der Waals surface area contributed by atoms with E-state index in [0.717, 1.165) is 5.39 Å². The highest BCUT2D eigenvalue weighted by atomic mass is 32.1. The summed E-state index contributed by atoms with van der Waals surface area (Å²) in [5, 5.41) is 1.61. The Morgan fingerprint density at radius 2 is 1.84 bits per heavy atom. The van der Waals surface area contributed by atoms with Crippen LogP contribution in [0.2, 0.25) is 0 Å². The lowest BCUT2D eigenvalue weighted by molar-refractivity contribution is 0.0835. The summed E-state index contributed by atoms with van der Waals surface area (Å²) < 4.78 is 1.33. The maximum atomic E-state index is 12.4. The maximum absolute atomic E-state index is 12.4. The molecule has 1 aliphatic heterocycles. The van der Waals surface area contributed by atoms with Crippen LogP contribution in [0.1, 0.15) is 24.3 Å². The second-order valence-corrected chi connectivity index (χ2v) is 5.17. The predicted octanol–water partition coefficient (Wildman–Crippen LogP) is 2.00. The predicted molar refractivity (Wildman–Crippen MR) is 77.5 cm³/mol. The molecular weight excluding hydrogens is 260 g/mol. The molecule has 19 heavy (non-hydrogen) atoms. The lowest BCUT2D eigenvalue weighted by atomic mass is 10.1. The molecule has 0 saturated heterocycles. The number of hydrogen-bond acceptors (Lipinski definition) is 3. The Labute approximate surface area is 115 Å². The first kappa shape index (κ1) is 12.0. The van der Waals surface area contributed by atoms with E-state index in [1.165, 1.54) is 9.47 Å². The van der Waals surface area contributed by atoms with E-state index >= 15 is 0 Å². The van der Waals surface area contributed by atoms with Gasteiger partial charge in [-0.05, 0) is 43.6 Å². The molecule has 1 aromatic carbocycles. The van der Waals surface area contributed by atoms with Crippen LogP contribution in [0.15, 0.2) is 35.1 Å². The van der Waals surface area contributed by atoms with Crippen molar-refractivity contribution in [2.45, 2.75) is 19.9 Å². The van der Waals surface area contributed by atoms with Crippen LogP contribution in [0.4, 0.5) is 0 Å². The Kier molecular flexibility index (Phi) is 2.53. The summed E-state index contributed by atoms with van der Waals surface area (Å²) in [5.41, 5.74) is 0.122. The van der Waals surface area contributed by atoms with Gasteiger partial charge < -0.3 is 0 Å². The topological polar surface area (TPSA) is 42.3 Å². The Morgan fingerprint density at radius 3 is 2.53 bits per heavy atom. The van der Waals surface area contributed by atoms with E-state index in [4.69, 9.17) is 12.2 Å². The van der Waals surface area contributed by atoms with Gasteiger partial charge in [0.15, 0.2) is 5.11 Å². The summed E-state index contributed by atoms with van der Waals surface area (Å²) in [6.45, 7) is 3.75. The van der Waals surface area contributed by atoms with E-state index in [1.807, 2.05) is 26.0 Å². The van der Waals surface area contributed by atoms with Gasteiger partial charge in [-0.15, -0.1) is 0 Å². The zero-order chi connectivity index (χ0) is 13.7. The second-order valence-electron chi connectivity index (χ2n) is 4.81. The van der Waals surface area contributed by atoms with Gasteiger partial charge in [-0.2, -0.15) is 0 Å². The van der Waals surface area contributed by atoms with Gasteiger partial charge in [-0.3, -0.25) is 14.5 Å². The fraction of sp³-hybridized carbons (Fsp3) is 0.214. The van der Waals surface area contributed by atoms with E-state index in [9.17, 15) is 9.59 Å². The molecule has 0 radical (unpaired) electrons. The average Bonchev–Trinajstić information content (AvgIpc) is 2.62. The van der Waals surface area contributed by atoms with Crippen molar-refractivity contribution in [3.05, 3.63) is 46.4 Å².